The van der Waals surface area contributed by atoms with E-state index in [9.17, 15) is 4.79 Å². The average Bonchev–Trinajstić information content (AvgIpc) is 2.70. The van der Waals surface area contributed by atoms with E-state index in [4.69, 9.17) is 4.74 Å². The highest BCUT2D eigenvalue weighted by molar-refractivity contribution is 5.79. The molecule has 26 heavy (non-hydrogen) atoms. The third-order valence-corrected chi connectivity index (χ3v) is 5.63. The molecule has 1 aromatic carbocycles. The van der Waals surface area contributed by atoms with Crippen LogP contribution in [0.3, 0.4) is 0 Å². The Labute approximate surface area is 157 Å². The van der Waals surface area contributed by atoms with Crippen molar-refractivity contribution in [3.63, 3.8) is 0 Å². The van der Waals surface area contributed by atoms with Gasteiger partial charge in [0, 0.05) is 25.7 Å². The normalized spacial score (nSPS) is 21.3. The molecule has 2 heterocycles. The van der Waals surface area contributed by atoms with Gasteiger partial charge in [0.1, 0.15) is 5.75 Å². The first-order chi connectivity index (χ1) is 12.8. The number of benzene rings is 1. The fourth-order valence-electron chi connectivity index (χ4n) is 4.10. The molecule has 0 aromatic heterocycles. The van der Waals surface area contributed by atoms with Crippen molar-refractivity contribution in [2.24, 2.45) is 0 Å². The molecule has 5 nitrogen and oxygen atoms in total. The van der Waals surface area contributed by atoms with E-state index in [0.29, 0.717) is 12.5 Å². The lowest BCUT2D eigenvalue weighted by atomic mass is 10.0. The van der Waals surface area contributed by atoms with Gasteiger partial charge in [0.15, 0.2) is 0 Å². The molecular formula is C21H33N3O2. The van der Waals surface area contributed by atoms with E-state index >= 15 is 0 Å². The number of hydrogen-bond donors (Lipinski definition) is 1. The van der Waals surface area contributed by atoms with E-state index in [1.807, 2.05) is 24.3 Å². The topological polar surface area (TPSA) is 44.8 Å². The lowest BCUT2D eigenvalue weighted by Crippen LogP contribution is -2.51. The molecule has 2 aliphatic heterocycles. The van der Waals surface area contributed by atoms with Crippen molar-refractivity contribution in [1.82, 2.24) is 15.1 Å². The molecule has 1 N–H and O–H groups in total. The molecule has 144 valence electrons. The number of nitrogens with one attached hydrogen (secondary N) is 1. The van der Waals surface area contributed by atoms with Crippen molar-refractivity contribution in [2.45, 2.75) is 44.6 Å². The number of carbonyl (C=O) groups is 1. The summed E-state index contributed by atoms with van der Waals surface area (Å²) >= 11 is 0. The highest BCUT2D eigenvalue weighted by atomic mass is 16.5. The Hall–Kier alpha value is -1.59. The minimum Gasteiger partial charge on any atom is -0.497 e. The zero-order valence-corrected chi connectivity index (χ0v) is 16.1. The molecular weight excluding hydrogens is 326 g/mol. The van der Waals surface area contributed by atoms with Crippen molar-refractivity contribution in [2.75, 3.05) is 46.4 Å². The van der Waals surface area contributed by atoms with Gasteiger partial charge in [-0.15, -0.1) is 0 Å². The van der Waals surface area contributed by atoms with Crippen LogP contribution in [0, 0.1) is 0 Å². The van der Waals surface area contributed by atoms with Crippen LogP contribution in [0.25, 0.3) is 0 Å². The summed E-state index contributed by atoms with van der Waals surface area (Å²) in [5.41, 5.74) is 1.03. The minimum atomic E-state index is 0.240. The van der Waals surface area contributed by atoms with Gasteiger partial charge < -0.3 is 19.9 Å². The number of nitrogens with zero attached hydrogens (tertiary/aromatic N) is 2. The van der Waals surface area contributed by atoms with Crippen LogP contribution in [0.5, 0.6) is 5.75 Å². The summed E-state index contributed by atoms with van der Waals surface area (Å²) in [6.07, 6.45) is 6.65. The lowest BCUT2D eigenvalue weighted by Gasteiger charge is -2.37. The molecule has 0 bridgehead atoms. The average molecular weight is 360 g/mol. The monoisotopic (exact) mass is 359 g/mol. The van der Waals surface area contributed by atoms with Crippen molar-refractivity contribution in [3.05, 3.63) is 29.8 Å². The fourth-order valence-corrected chi connectivity index (χ4v) is 4.10. The molecule has 1 amide bonds. The van der Waals surface area contributed by atoms with E-state index in [-0.39, 0.29) is 5.91 Å². The molecule has 0 spiro atoms. The molecule has 5 heteroatoms. The molecule has 1 atom stereocenters. The van der Waals surface area contributed by atoms with Gasteiger partial charge in [0.2, 0.25) is 5.91 Å². The molecule has 1 unspecified atom stereocenters. The van der Waals surface area contributed by atoms with Crippen LogP contribution in [0.4, 0.5) is 0 Å². The van der Waals surface area contributed by atoms with Gasteiger partial charge in [-0.05, 0) is 63.0 Å². The Kier molecular flexibility index (Phi) is 7.32. The standard InChI is InChI=1S/C21H33N3O2/c1-26-20-9-5-7-18(15-20)16-21(25)24(19-8-6-10-22-17-19)14-13-23-11-3-2-4-12-23/h5,7,9,15,19,22H,2-4,6,8,10-14,16-17H2,1H3. The molecule has 0 aliphatic carbocycles. The number of likely N-dealkylation sites (tertiary alicyclic amines) is 1. The van der Waals surface area contributed by atoms with Crippen LogP contribution in [0.15, 0.2) is 24.3 Å². The first-order valence-electron chi connectivity index (χ1n) is 10.1. The molecule has 0 saturated carbocycles. The maximum atomic E-state index is 13.1. The number of piperidine rings is 2. The number of methoxy groups -OCH3 is 1. The van der Waals surface area contributed by atoms with E-state index in [1.165, 1.54) is 32.4 Å². The Morgan fingerprint density at radius 2 is 2.12 bits per heavy atom. The van der Waals surface area contributed by atoms with E-state index in [0.717, 1.165) is 50.3 Å². The van der Waals surface area contributed by atoms with Gasteiger partial charge in [0.05, 0.1) is 13.5 Å². The van der Waals surface area contributed by atoms with Crippen LogP contribution < -0.4 is 10.1 Å². The smallest absolute Gasteiger partial charge is 0.227 e. The summed E-state index contributed by atoms with van der Waals surface area (Å²) in [4.78, 5) is 17.8. The third kappa shape index (κ3) is 5.45. The summed E-state index contributed by atoms with van der Waals surface area (Å²) in [5, 5.41) is 3.46. The predicted molar refractivity (Wildman–Crippen MR) is 105 cm³/mol. The van der Waals surface area contributed by atoms with Crippen LogP contribution in [0.2, 0.25) is 0 Å². The van der Waals surface area contributed by atoms with Crippen molar-refractivity contribution >= 4 is 5.91 Å². The van der Waals surface area contributed by atoms with Crippen LogP contribution in [-0.2, 0) is 11.2 Å². The summed E-state index contributed by atoms with van der Waals surface area (Å²) in [5.74, 6) is 1.05. The first-order valence-corrected chi connectivity index (χ1v) is 10.1. The minimum absolute atomic E-state index is 0.240. The van der Waals surface area contributed by atoms with E-state index in [1.54, 1.807) is 7.11 Å². The number of carbonyl (C=O) groups excluding carboxylic acids is 1. The SMILES string of the molecule is COc1cccc(CC(=O)N(CCN2CCCCC2)C2CCCNC2)c1. The van der Waals surface area contributed by atoms with Gasteiger partial charge >= 0.3 is 0 Å². The second-order valence-electron chi connectivity index (χ2n) is 7.52. The third-order valence-electron chi connectivity index (χ3n) is 5.63. The Morgan fingerprint density at radius 3 is 2.85 bits per heavy atom. The molecule has 2 fully saturated rings. The van der Waals surface area contributed by atoms with E-state index < -0.39 is 0 Å². The maximum Gasteiger partial charge on any atom is 0.227 e. The summed E-state index contributed by atoms with van der Waals surface area (Å²) < 4.78 is 5.30. The van der Waals surface area contributed by atoms with Gasteiger partial charge in [0.25, 0.3) is 0 Å². The number of amides is 1. The largest absolute Gasteiger partial charge is 0.497 e. The number of rotatable bonds is 7. The predicted octanol–water partition coefficient (Wildman–Crippen LogP) is 2.30. The Bertz CT molecular complexity index is 566. The summed E-state index contributed by atoms with van der Waals surface area (Å²) in [6.45, 7) is 6.20. The van der Waals surface area contributed by atoms with Crippen LogP contribution in [0.1, 0.15) is 37.7 Å². The van der Waals surface area contributed by atoms with Crippen molar-refractivity contribution < 1.29 is 9.53 Å². The zero-order valence-electron chi connectivity index (χ0n) is 16.1. The Balaban J connectivity index is 1.63. The first kappa shape index (κ1) is 19.2. The Morgan fingerprint density at radius 1 is 1.27 bits per heavy atom. The molecule has 2 aliphatic rings. The van der Waals surface area contributed by atoms with E-state index in [2.05, 4.69) is 15.1 Å². The highest BCUT2D eigenvalue weighted by Gasteiger charge is 2.26. The fraction of sp³-hybridized carbons (Fsp3) is 0.667. The van der Waals surface area contributed by atoms with Gasteiger partial charge in [-0.1, -0.05) is 18.6 Å². The van der Waals surface area contributed by atoms with Crippen LogP contribution >= 0.6 is 0 Å². The zero-order chi connectivity index (χ0) is 18.2. The second kappa shape index (κ2) is 9.93. The van der Waals surface area contributed by atoms with Crippen molar-refractivity contribution in [3.8, 4) is 5.75 Å². The van der Waals surface area contributed by atoms with Crippen LogP contribution in [-0.4, -0.2) is 68.1 Å². The lowest BCUT2D eigenvalue weighted by molar-refractivity contribution is -0.133. The molecule has 0 radical (unpaired) electrons. The molecule has 2 saturated heterocycles. The highest BCUT2D eigenvalue weighted by Crippen LogP contribution is 2.17. The van der Waals surface area contributed by atoms with Crippen molar-refractivity contribution in [1.29, 1.82) is 0 Å². The maximum absolute atomic E-state index is 13.1. The molecule has 3 rings (SSSR count). The van der Waals surface area contributed by atoms with Gasteiger partial charge in [-0.2, -0.15) is 0 Å². The quantitative estimate of drug-likeness (QED) is 0.811. The second-order valence-corrected chi connectivity index (χ2v) is 7.52. The number of ether oxygens (including phenoxy) is 1. The molecule has 1 aromatic rings. The summed E-state index contributed by atoms with van der Waals surface area (Å²) in [6, 6.07) is 8.20. The van der Waals surface area contributed by atoms with Gasteiger partial charge in [-0.25, -0.2) is 0 Å². The summed E-state index contributed by atoms with van der Waals surface area (Å²) in [7, 11) is 1.67. The van der Waals surface area contributed by atoms with Gasteiger partial charge in [-0.3, -0.25) is 4.79 Å². The number of hydrogen-bond acceptors (Lipinski definition) is 4.